The lowest BCUT2D eigenvalue weighted by Gasteiger charge is -2.04. The van der Waals surface area contributed by atoms with E-state index in [4.69, 9.17) is 5.11 Å². The molecular weight excluding hydrogens is 254 g/mol. The van der Waals surface area contributed by atoms with Crippen LogP contribution in [0.15, 0.2) is 47.8 Å². The molecule has 0 saturated carbocycles. The molecule has 0 aliphatic heterocycles. The summed E-state index contributed by atoms with van der Waals surface area (Å²) in [4.78, 5) is 10.7. The summed E-state index contributed by atoms with van der Waals surface area (Å²) in [6.07, 6.45) is 5.75. The molecule has 2 rings (SSSR count). The van der Waals surface area contributed by atoms with Crippen molar-refractivity contribution in [2.24, 2.45) is 5.10 Å². The van der Waals surface area contributed by atoms with Gasteiger partial charge in [-0.25, -0.2) is 4.79 Å². The van der Waals surface area contributed by atoms with Crippen LogP contribution in [0.2, 0.25) is 0 Å². The van der Waals surface area contributed by atoms with Crippen LogP contribution in [0, 0.1) is 0 Å². The Hall–Kier alpha value is -2.56. The highest BCUT2D eigenvalue weighted by molar-refractivity contribution is 5.88. The van der Waals surface area contributed by atoms with E-state index in [-0.39, 0.29) is 5.56 Å². The second-order valence-corrected chi connectivity index (χ2v) is 4.74. The summed E-state index contributed by atoms with van der Waals surface area (Å²) in [6, 6.07) is 8.85. The second kappa shape index (κ2) is 6.06. The first-order valence-corrected chi connectivity index (χ1v) is 6.36. The molecule has 1 heterocycles. The summed E-state index contributed by atoms with van der Waals surface area (Å²) >= 11 is 0. The van der Waals surface area contributed by atoms with Crippen LogP contribution in [0.3, 0.4) is 0 Å². The van der Waals surface area contributed by atoms with Gasteiger partial charge in [-0.15, -0.1) is 0 Å². The number of hydrazone groups is 1. The summed E-state index contributed by atoms with van der Waals surface area (Å²) in [6.45, 7) is 4.23. The Morgan fingerprint density at radius 1 is 1.30 bits per heavy atom. The number of anilines is 1. The minimum atomic E-state index is -0.935. The molecule has 20 heavy (non-hydrogen) atoms. The molecule has 104 valence electrons. The highest BCUT2D eigenvalue weighted by Gasteiger charge is 2.01. The van der Waals surface area contributed by atoms with Crippen LogP contribution in [-0.4, -0.2) is 21.9 Å². The quantitative estimate of drug-likeness (QED) is 0.648. The molecule has 0 fully saturated rings. The summed E-state index contributed by atoms with van der Waals surface area (Å²) in [5.41, 5.74) is 4.88. The first-order valence-electron chi connectivity index (χ1n) is 6.36. The van der Waals surface area contributed by atoms with Gasteiger partial charge < -0.3 is 9.67 Å². The van der Waals surface area contributed by atoms with Gasteiger partial charge in [-0.1, -0.05) is 0 Å². The van der Waals surface area contributed by atoms with Gasteiger partial charge in [0.15, 0.2) is 0 Å². The van der Waals surface area contributed by atoms with E-state index in [9.17, 15) is 4.79 Å². The number of aromatic carboxylic acids is 1. The van der Waals surface area contributed by atoms with Gasteiger partial charge in [-0.3, -0.25) is 5.43 Å². The van der Waals surface area contributed by atoms with Crippen LogP contribution in [-0.2, 0) is 0 Å². The summed E-state index contributed by atoms with van der Waals surface area (Å²) in [7, 11) is 0. The van der Waals surface area contributed by atoms with Crippen LogP contribution in [0.1, 0.15) is 35.8 Å². The van der Waals surface area contributed by atoms with Gasteiger partial charge >= 0.3 is 5.97 Å². The molecule has 0 bridgehead atoms. The number of benzene rings is 1. The number of aromatic nitrogens is 1. The van der Waals surface area contributed by atoms with Crippen LogP contribution >= 0.6 is 0 Å². The van der Waals surface area contributed by atoms with E-state index in [1.54, 1.807) is 18.3 Å². The second-order valence-electron chi connectivity index (χ2n) is 4.74. The Bertz CT molecular complexity index is 612. The first-order chi connectivity index (χ1) is 9.56. The maximum absolute atomic E-state index is 10.7. The van der Waals surface area contributed by atoms with E-state index < -0.39 is 5.97 Å². The van der Waals surface area contributed by atoms with Crippen LogP contribution < -0.4 is 5.43 Å². The fourth-order valence-electron chi connectivity index (χ4n) is 1.70. The number of hydrogen-bond acceptors (Lipinski definition) is 3. The molecule has 0 radical (unpaired) electrons. The third kappa shape index (κ3) is 3.47. The molecule has 0 aliphatic carbocycles. The largest absolute Gasteiger partial charge is 0.478 e. The lowest BCUT2D eigenvalue weighted by atomic mass is 10.2. The first kappa shape index (κ1) is 13.9. The number of hydrogen-bond donors (Lipinski definition) is 2. The summed E-state index contributed by atoms with van der Waals surface area (Å²) in [5, 5.41) is 12.9. The van der Waals surface area contributed by atoms with Gasteiger partial charge in [0, 0.05) is 24.0 Å². The van der Waals surface area contributed by atoms with Gasteiger partial charge in [0.2, 0.25) is 0 Å². The molecule has 2 aromatic rings. The smallest absolute Gasteiger partial charge is 0.335 e. The average molecular weight is 271 g/mol. The lowest BCUT2D eigenvalue weighted by molar-refractivity contribution is 0.0697. The number of carboxylic acids is 1. The van der Waals surface area contributed by atoms with Gasteiger partial charge in [0.1, 0.15) is 0 Å². The summed E-state index contributed by atoms with van der Waals surface area (Å²) < 4.78 is 2.10. The number of carbonyl (C=O) groups is 1. The fraction of sp³-hybridized carbons (Fsp3) is 0.200. The molecule has 0 unspecified atom stereocenters. The number of carboxylic acid groups (broad SMARTS) is 1. The van der Waals surface area contributed by atoms with E-state index in [1.165, 1.54) is 12.1 Å². The van der Waals surface area contributed by atoms with E-state index >= 15 is 0 Å². The molecule has 0 saturated heterocycles. The van der Waals surface area contributed by atoms with E-state index in [0.717, 1.165) is 11.3 Å². The molecule has 2 N–H and O–H groups in total. The van der Waals surface area contributed by atoms with Gasteiger partial charge in [-0.2, -0.15) is 5.10 Å². The van der Waals surface area contributed by atoms with E-state index in [0.29, 0.717) is 6.04 Å². The number of nitrogens with one attached hydrogen (secondary N) is 1. The zero-order valence-corrected chi connectivity index (χ0v) is 11.4. The lowest BCUT2D eigenvalue weighted by Crippen LogP contribution is -1.97. The molecular formula is C15H17N3O2. The van der Waals surface area contributed by atoms with Crippen molar-refractivity contribution in [1.82, 2.24) is 4.57 Å². The average Bonchev–Trinajstić information content (AvgIpc) is 2.88. The molecule has 5 nitrogen and oxygen atoms in total. The van der Waals surface area contributed by atoms with Crippen molar-refractivity contribution in [1.29, 1.82) is 0 Å². The molecule has 5 heteroatoms. The number of rotatable bonds is 5. The maximum atomic E-state index is 10.7. The van der Waals surface area contributed by atoms with Crippen molar-refractivity contribution in [3.8, 4) is 0 Å². The topological polar surface area (TPSA) is 66.6 Å². The summed E-state index contributed by atoms with van der Waals surface area (Å²) in [5.74, 6) is -0.935. The minimum Gasteiger partial charge on any atom is -0.478 e. The molecule has 0 aliphatic rings. The van der Waals surface area contributed by atoms with Crippen molar-refractivity contribution < 1.29 is 9.90 Å². The Balaban J connectivity index is 1.96. The Morgan fingerprint density at radius 2 is 2.00 bits per heavy atom. The highest BCUT2D eigenvalue weighted by atomic mass is 16.4. The van der Waals surface area contributed by atoms with Crippen molar-refractivity contribution in [3.05, 3.63) is 53.9 Å². The van der Waals surface area contributed by atoms with Gasteiger partial charge in [-0.05, 0) is 44.2 Å². The SMILES string of the molecule is CC(C)n1ccc(/C=N/Nc2ccc(C(=O)O)cc2)c1. The van der Waals surface area contributed by atoms with E-state index in [1.807, 2.05) is 18.5 Å². The van der Waals surface area contributed by atoms with Gasteiger partial charge in [0.05, 0.1) is 17.5 Å². The van der Waals surface area contributed by atoms with Crippen LogP contribution in [0.25, 0.3) is 0 Å². The predicted octanol–water partition coefficient (Wildman–Crippen LogP) is 3.21. The zero-order valence-electron chi connectivity index (χ0n) is 11.4. The van der Waals surface area contributed by atoms with Crippen molar-refractivity contribution in [2.45, 2.75) is 19.9 Å². The molecule has 0 spiro atoms. The molecule has 1 aromatic heterocycles. The monoisotopic (exact) mass is 271 g/mol. The van der Waals surface area contributed by atoms with Crippen molar-refractivity contribution >= 4 is 17.9 Å². The zero-order chi connectivity index (χ0) is 14.5. The van der Waals surface area contributed by atoms with Crippen LogP contribution in [0.5, 0.6) is 0 Å². The predicted molar refractivity (Wildman–Crippen MR) is 79.4 cm³/mol. The van der Waals surface area contributed by atoms with Gasteiger partial charge in [0.25, 0.3) is 0 Å². The van der Waals surface area contributed by atoms with Crippen molar-refractivity contribution in [3.63, 3.8) is 0 Å². The third-order valence-electron chi connectivity index (χ3n) is 2.87. The van der Waals surface area contributed by atoms with Crippen LogP contribution in [0.4, 0.5) is 5.69 Å². The Labute approximate surface area is 117 Å². The molecule has 1 aromatic carbocycles. The maximum Gasteiger partial charge on any atom is 0.335 e. The normalized spacial score (nSPS) is 11.2. The van der Waals surface area contributed by atoms with E-state index in [2.05, 4.69) is 28.9 Å². The highest BCUT2D eigenvalue weighted by Crippen LogP contribution is 2.10. The fourth-order valence-corrected chi connectivity index (χ4v) is 1.70. The number of nitrogens with zero attached hydrogens (tertiary/aromatic N) is 2. The molecule has 0 atom stereocenters. The Kier molecular flexibility index (Phi) is 4.20. The van der Waals surface area contributed by atoms with Crippen molar-refractivity contribution in [2.75, 3.05) is 5.43 Å². The standard InChI is InChI=1S/C15H17N3O2/c1-11(2)18-8-7-12(10-18)9-16-17-14-5-3-13(4-6-14)15(19)20/h3-11,17H,1-2H3,(H,19,20)/b16-9+. The third-order valence-corrected chi connectivity index (χ3v) is 2.87. The molecule has 0 amide bonds. The Morgan fingerprint density at radius 3 is 2.55 bits per heavy atom. The minimum absolute atomic E-state index is 0.258.